The number of rotatable bonds is 11. The molecule has 3 saturated carbocycles. The van der Waals surface area contributed by atoms with Gasteiger partial charge in [-0.05, 0) is 87.8 Å². The van der Waals surface area contributed by atoms with Crippen molar-refractivity contribution >= 4 is 17.8 Å². The van der Waals surface area contributed by atoms with Gasteiger partial charge in [0.2, 0.25) is 5.91 Å². The topological polar surface area (TPSA) is 114 Å². The van der Waals surface area contributed by atoms with E-state index in [-0.39, 0.29) is 42.2 Å². The van der Waals surface area contributed by atoms with E-state index in [0.29, 0.717) is 54.9 Å². The maximum Gasteiger partial charge on any atom is 0.309 e. The number of hydrogen-bond donors (Lipinski definition) is 3. The normalized spacial score (nSPS) is 29.5. The number of carboxylic acids is 1. The summed E-state index contributed by atoms with van der Waals surface area (Å²) in [6, 6.07) is 3.20. The van der Waals surface area contributed by atoms with E-state index in [1.807, 2.05) is 13.0 Å². The van der Waals surface area contributed by atoms with E-state index < -0.39 is 24.0 Å². The largest absolute Gasteiger partial charge is 0.496 e. The van der Waals surface area contributed by atoms with E-state index >= 15 is 0 Å². The van der Waals surface area contributed by atoms with Crippen LogP contribution in [-0.4, -0.2) is 48.8 Å². The maximum atomic E-state index is 13.6. The number of ether oxygens (including phenoxy) is 2. The number of carboxylic acid groups (broad SMARTS) is 1. The lowest BCUT2D eigenvalue weighted by Gasteiger charge is -2.34. The molecule has 4 rings (SSSR count). The molecule has 39 heavy (non-hydrogen) atoms. The van der Waals surface area contributed by atoms with E-state index in [4.69, 9.17) is 9.47 Å². The molecule has 3 aliphatic rings. The van der Waals surface area contributed by atoms with Gasteiger partial charge >= 0.3 is 5.97 Å². The molecule has 9 heteroatoms. The number of nitrogens with one attached hydrogen (secondary N) is 2. The predicted molar refractivity (Wildman–Crippen MR) is 144 cm³/mol. The number of benzene rings is 1. The Morgan fingerprint density at radius 1 is 1.13 bits per heavy atom. The first-order chi connectivity index (χ1) is 18.6. The molecule has 0 aromatic heterocycles. The lowest BCUT2D eigenvalue weighted by atomic mass is 9.75. The minimum absolute atomic E-state index is 0.0733. The summed E-state index contributed by atoms with van der Waals surface area (Å²) >= 11 is 0. The first-order valence-electron chi connectivity index (χ1n) is 14.1. The molecular formula is C30H41FN2O6. The van der Waals surface area contributed by atoms with E-state index in [1.165, 1.54) is 7.11 Å². The lowest BCUT2D eigenvalue weighted by molar-refractivity contribution is -0.150. The van der Waals surface area contributed by atoms with Crippen LogP contribution in [0.5, 0.6) is 11.5 Å². The Morgan fingerprint density at radius 2 is 1.82 bits per heavy atom. The van der Waals surface area contributed by atoms with Gasteiger partial charge in [0.25, 0.3) is 5.91 Å². The van der Waals surface area contributed by atoms with Crippen molar-refractivity contribution in [2.75, 3.05) is 13.8 Å². The monoisotopic (exact) mass is 544 g/mol. The number of alkyl halides is 1. The highest BCUT2D eigenvalue weighted by Gasteiger charge is 2.51. The molecule has 214 valence electrons. The quantitative estimate of drug-likeness (QED) is 0.369. The Bertz CT molecular complexity index is 1110. The van der Waals surface area contributed by atoms with Crippen LogP contribution in [0.2, 0.25) is 0 Å². The number of hydrogen-bond acceptors (Lipinski definition) is 5. The molecule has 0 spiro atoms. The highest BCUT2D eigenvalue weighted by molar-refractivity contribution is 5.98. The molecule has 4 atom stereocenters. The highest BCUT2D eigenvalue weighted by atomic mass is 19.1. The summed E-state index contributed by atoms with van der Waals surface area (Å²) in [5.74, 6) is -0.329. The number of amides is 2. The second kappa shape index (κ2) is 12.0. The third-order valence-electron chi connectivity index (χ3n) is 9.07. The number of aliphatic carboxylic acids is 1. The highest BCUT2D eigenvalue weighted by Crippen LogP contribution is 2.49. The average Bonchev–Trinajstić information content (AvgIpc) is 3.51. The molecule has 1 aromatic rings. The van der Waals surface area contributed by atoms with Crippen LogP contribution in [0.25, 0.3) is 0 Å². The Morgan fingerprint density at radius 3 is 2.44 bits per heavy atom. The van der Waals surface area contributed by atoms with Gasteiger partial charge in [-0.15, -0.1) is 0 Å². The molecule has 0 radical (unpaired) electrons. The van der Waals surface area contributed by atoms with Crippen LogP contribution in [-0.2, 0) is 16.0 Å². The van der Waals surface area contributed by atoms with Crippen molar-refractivity contribution in [1.29, 1.82) is 0 Å². The molecule has 8 nitrogen and oxygen atoms in total. The minimum atomic E-state index is -0.780. The van der Waals surface area contributed by atoms with Crippen molar-refractivity contribution in [2.45, 2.75) is 83.8 Å². The van der Waals surface area contributed by atoms with Crippen molar-refractivity contribution in [2.24, 2.45) is 23.2 Å². The Labute approximate surface area is 229 Å². The Balaban J connectivity index is 1.52. The van der Waals surface area contributed by atoms with Crippen LogP contribution >= 0.6 is 0 Å². The second-order valence-corrected chi connectivity index (χ2v) is 11.6. The van der Waals surface area contributed by atoms with Crippen LogP contribution in [0.4, 0.5) is 4.39 Å². The van der Waals surface area contributed by atoms with Crippen LogP contribution in [0.3, 0.4) is 0 Å². The number of aryl methyl sites for hydroxylation is 1. The second-order valence-electron chi connectivity index (χ2n) is 11.6. The molecule has 2 amide bonds. The van der Waals surface area contributed by atoms with Crippen molar-refractivity contribution in [3.8, 4) is 11.5 Å². The van der Waals surface area contributed by atoms with E-state index in [1.54, 1.807) is 13.0 Å². The smallest absolute Gasteiger partial charge is 0.309 e. The SMILES string of the molecule is C=C(CCF)NC(=O)[C@H]1[C@@H]2CC[C@@H](C2)[C@H]1NC(=O)c1cc(O[C@H]2CC[C@@](C)(C(=O)O)CC2)c(CC)cc1OC. The number of methoxy groups -OCH3 is 1. The maximum absolute atomic E-state index is 13.6. The van der Waals surface area contributed by atoms with Gasteiger partial charge in [-0.2, -0.15) is 0 Å². The molecule has 0 unspecified atom stereocenters. The zero-order chi connectivity index (χ0) is 28.3. The van der Waals surface area contributed by atoms with E-state index in [2.05, 4.69) is 17.2 Å². The number of carbonyl (C=O) groups excluding carboxylic acids is 2. The fourth-order valence-electron chi connectivity index (χ4n) is 6.61. The standard InChI is InChI=1S/C30H41FN2O6/c1-5-18-15-24(38-4)22(16-23(18)39-21-8-11-30(3,12-9-21)29(36)37)27(34)33-26-20-7-6-19(14-20)25(26)28(35)32-17(2)10-13-31/h15-16,19-21,25-26H,2,5-14H2,1,3-4H3,(H,32,35)(H,33,34)(H,36,37)/t19-,20+,21-,25+,26-,30+/m1/s1. The van der Waals surface area contributed by atoms with Crippen molar-refractivity contribution in [3.63, 3.8) is 0 Å². The van der Waals surface area contributed by atoms with Crippen LogP contribution in [0, 0.1) is 23.2 Å². The number of carbonyl (C=O) groups is 3. The molecular weight excluding hydrogens is 503 g/mol. The molecule has 0 aliphatic heterocycles. The predicted octanol–water partition coefficient (Wildman–Crippen LogP) is 4.80. The minimum Gasteiger partial charge on any atom is -0.496 e. The summed E-state index contributed by atoms with van der Waals surface area (Å²) in [4.78, 5) is 38.4. The van der Waals surface area contributed by atoms with Crippen molar-refractivity contribution < 1.29 is 33.4 Å². The molecule has 3 N–H and O–H groups in total. The summed E-state index contributed by atoms with van der Waals surface area (Å²) < 4.78 is 24.6. The summed E-state index contributed by atoms with van der Waals surface area (Å²) in [5, 5.41) is 15.4. The molecule has 2 bridgehead atoms. The summed E-state index contributed by atoms with van der Waals surface area (Å²) in [7, 11) is 1.52. The van der Waals surface area contributed by atoms with Crippen molar-refractivity contribution in [3.05, 3.63) is 35.5 Å². The van der Waals surface area contributed by atoms with E-state index in [9.17, 15) is 23.9 Å². The number of halogens is 1. The van der Waals surface area contributed by atoms with Gasteiger partial charge in [-0.1, -0.05) is 13.5 Å². The first kappa shape index (κ1) is 28.9. The van der Waals surface area contributed by atoms with Gasteiger partial charge in [0.1, 0.15) is 11.5 Å². The third-order valence-corrected chi connectivity index (χ3v) is 9.07. The Hall–Kier alpha value is -3.10. The number of fused-ring (bicyclic) bond motifs is 2. The fourth-order valence-corrected chi connectivity index (χ4v) is 6.61. The van der Waals surface area contributed by atoms with Gasteiger partial charge in [0, 0.05) is 18.2 Å². The van der Waals surface area contributed by atoms with Crippen LogP contribution in [0.15, 0.2) is 24.4 Å². The summed E-state index contributed by atoms with van der Waals surface area (Å²) in [5.41, 5.74) is 0.846. The molecule has 0 heterocycles. The van der Waals surface area contributed by atoms with Gasteiger partial charge < -0.3 is 25.2 Å². The molecule has 3 aliphatic carbocycles. The van der Waals surface area contributed by atoms with Gasteiger partial charge in [0.15, 0.2) is 0 Å². The van der Waals surface area contributed by atoms with Crippen LogP contribution in [0.1, 0.15) is 81.1 Å². The first-order valence-corrected chi connectivity index (χ1v) is 14.1. The molecule has 0 saturated heterocycles. The number of allylic oxidation sites excluding steroid dienone is 1. The van der Waals surface area contributed by atoms with E-state index in [0.717, 1.165) is 24.8 Å². The van der Waals surface area contributed by atoms with Crippen molar-refractivity contribution in [1.82, 2.24) is 10.6 Å². The average molecular weight is 545 g/mol. The lowest BCUT2D eigenvalue weighted by Crippen LogP contribution is -2.49. The zero-order valence-electron chi connectivity index (χ0n) is 23.2. The van der Waals surface area contributed by atoms with Gasteiger partial charge in [0.05, 0.1) is 36.8 Å². The van der Waals surface area contributed by atoms with Crippen LogP contribution < -0.4 is 20.1 Å². The zero-order valence-corrected chi connectivity index (χ0v) is 23.2. The summed E-state index contributed by atoms with van der Waals surface area (Å²) in [6.07, 6.45) is 5.66. The van der Waals surface area contributed by atoms with Gasteiger partial charge in [-0.3, -0.25) is 18.8 Å². The molecule has 1 aromatic carbocycles. The molecule has 3 fully saturated rings. The third kappa shape index (κ3) is 6.07. The van der Waals surface area contributed by atoms with Gasteiger partial charge in [-0.25, -0.2) is 0 Å². The Kier molecular flexibility index (Phi) is 8.86. The fraction of sp³-hybridized carbons (Fsp3) is 0.633. The summed E-state index contributed by atoms with van der Waals surface area (Å²) in [6.45, 7) is 6.93.